The molecule has 0 amide bonds. The molecule has 8 heteroatoms. The fourth-order valence-electron chi connectivity index (χ4n) is 2.33. The highest BCUT2D eigenvalue weighted by molar-refractivity contribution is 5.87. The van der Waals surface area contributed by atoms with E-state index in [2.05, 4.69) is 15.3 Å². The molecule has 3 aromatic rings. The number of anilines is 2. The largest absolute Gasteiger partial charge is 0.497 e. The third kappa shape index (κ3) is 2.44. The molecule has 0 spiro atoms. The predicted octanol–water partition coefficient (Wildman–Crippen LogP) is 0.779. The standard InChI is InChI=1S/C15H15N5O3/c1-19-13-11(14(21)20(2)15(19)22)12(16-8-17-13)18-9-5-4-6-10(7-9)23-3/h4-8H,1-3H3,(H,16,17,18). The zero-order chi connectivity index (χ0) is 16.6. The van der Waals surface area contributed by atoms with Crippen LogP contribution in [0.25, 0.3) is 11.0 Å². The SMILES string of the molecule is COc1cccc(Nc2ncnc3c2c(=O)n(C)c(=O)n3C)c1. The second-order valence-electron chi connectivity index (χ2n) is 4.98. The average Bonchev–Trinajstić information content (AvgIpc) is 2.58. The molecule has 0 bridgehead atoms. The van der Waals surface area contributed by atoms with Crippen molar-refractivity contribution in [3.63, 3.8) is 0 Å². The van der Waals surface area contributed by atoms with Gasteiger partial charge in [0, 0.05) is 25.8 Å². The van der Waals surface area contributed by atoms with Crippen LogP contribution >= 0.6 is 0 Å². The van der Waals surface area contributed by atoms with E-state index in [1.807, 2.05) is 18.2 Å². The van der Waals surface area contributed by atoms with E-state index in [-0.39, 0.29) is 11.0 Å². The van der Waals surface area contributed by atoms with Crippen LogP contribution in [0.15, 0.2) is 40.2 Å². The normalized spacial score (nSPS) is 10.7. The van der Waals surface area contributed by atoms with E-state index in [0.29, 0.717) is 17.3 Å². The topological polar surface area (TPSA) is 91.0 Å². The van der Waals surface area contributed by atoms with Crippen LogP contribution in [0.4, 0.5) is 11.5 Å². The van der Waals surface area contributed by atoms with Crippen molar-refractivity contribution in [3.8, 4) is 5.75 Å². The van der Waals surface area contributed by atoms with Crippen molar-refractivity contribution in [2.75, 3.05) is 12.4 Å². The number of rotatable bonds is 3. The molecule has 0 saturated carbocycles. The summed E-state index contributed by atoms with van der Waals surface area (Å²) in [6.45, 7) is 0. The molecule has 23 heavy (non-hydrogen) atoms. The third-order valence-corrected chi connectivity index (χ3v) is 3.57. The second-order valence-corrected chi connectivity index (χ2v) is 4.98. The lowest BCUT2D eigenvalue weighted by Crippen LogP contribution is -2.37. The lowest BCUT2D eigenvalue weighted by Gasteiger charge is -2.11. The van der Waals surface area contributed by atoms with Crippen LogP contribution in [-0.4, -0.2) is 26.2 Å². The Kier molecular flexibility index (Phi) is 3.57. The van der Waals surface area contributed by atoms with Gasteiger partial charge in [-0.15, -0.1) is 0 Å². The molecule has 3 rings (SSSR count). The molecule has 0 atom stereocenters. The molecule has 118 valence electrons. The number of aryl methyl sites for hydroxylation is 1. The van der Waals surface area contributed by atoms with Gasteiger partial charge in [0.2, 0.25) is 0 Å². The zero-order valence-corrected chi connectivity index (χ0v) is 12.9. The highest BCUT2D eigenvalue weighted by Crippen LogP contribution is 2.22. The first-order valence-corrected chi connectivity index (χ1v) is 6.84. The first-order valence-electron chi connectivity index (χ1n) is 6.84. The minimum absolute atomic E-state index is 0.250. The molecule has 0 unspecified atom stereocenters. The zero-order valence-electron chi connectivity index (χ0n) is 12.9. The van der Waals surface area contributed by atoms with E-state index in [9.17, 15) is 9.59 Å². The van der Waals surface area contributed by atoms with Crippen LogP contribution in [0.1, 0.15) is 0 Å². The van der Waals surface area contributed by atoms with Crippen LogP contribution < -0.4 is 21.3 Å². The number of ether oxygens (including phenoxy) is 1. The minimum Gasteiger partial charge on any atom is -0.497 e. The number of fused-ring (bicyclic) bond motifs is 1. The van der Waals surface area contributed by atoms with Gasteiger partial charge in [0.1, 0.15) is 23.3 Å². The van der Waals surface area contributed by atoms with Gasteiger partial charge in [-0.1, -0.05) is 6.07 Å². The lowest BCUT2D eigenvalue weighted by molar-refractivity contribution is 0.415. The van der Waals surface area contributed by atoms with Gasteiger partial charge in [-0.3, -0.25) is 13.9 Å². The summed E-state index contributed by atoms with van der Waals surface area (Å²) < 4.78 is 7.52. The monoisotopic (exact) mass is 313 g/mol. The fraction of sp³-hybridized carbons (Fsp3) is 0.200. The van der Waals surface area contributed by atoms with Crippen molar-refractivity contribution in [2.24, 2.45) is 14.1 Å². The van der Waals surface area contributed by atoms with E-state index in [1.54, 1.807) is 20.2 Å². The molecule has 1 N–H and O–H groups in total. The van der Waals surface area contributed by atoms with Crippen LogP contribution in [0, 0.1) is 0 Å². The van der Waals surface area contributed by atoms with Crippen LogP contribution in [-0.2, 0) is 14.1 Å². The molecule has 0 aliphatic carbocycles. The number of aromatic nitrogens is 4. The van der Waals surface area contributed by atoms with Crippen LogP contribution in [0.2, 0.25) is 0 Å². The summed E-state index contributed by atoms with van der Waals surface area (Å²) in [5.74, 6) is 1.01. The van der Waals surface area contributed by atoms with Crippen molar-refractivity contribution in [1.82, 2.24) is 19.1 Å². The number of nitrogens with zero attached hydrogens (tertiary/aromatic N) is 4. The first kappa shape index (κ1) is 14.8. The van der Waals surface area contributed by atoms with Crippen molar-refractivity contribution in [2.45, 2.75) is 0 Å². The lowest BCUT2D eigenvalue weighted by atomic mass is 10.3. The molecule has 0 radical (unpaired) electrons. The van der Waals surface area contributed by atoms with Gasteiger partial charge < -0.3 is 10.1 Å². The van der Waals surface area contributed by atoms with Gasteiger partial charge >= 0.3 is 5.69 Å². The first-order chi connectivity index (χ1) is 11.0. The summed E-state index contributed by atoms with van der Waals surface area (Å²) in [7, 11) is 4.56. The van der Waals surface area contributed by atoms with Gasteiger partial charge in [-0.05, 0) is 12.1 Å². The molecule has 0 aliphatic heterocycles. The summed E-state index contributed by atoms with van der Waals surface area (Å²) >= 11 is 0. The summed E-state index contributed by atoms with van der Waals surface area (Å²) in [6, 6.07) is 7.23. The summed E-state index contributed by atoms with van der Waals surface area (Å²) in [6.07, 6.45) is 1.31. The molecule has 0 aliphatic rings. The maximum Gasteiger partial charge on any atom is 0.332 e. The van der Waals surface area contributed by atoms with Crippen LogP contribution in [0.5, 0.6) is 5.75 Å². The summed E-state index contributed by atoms with van der Waals surface area (Å²) in [4.78, 5) is 32.6. The predicted molar refractivity (Wildman–Crippen MR) is 86.3 cm³/mol. The summed E-state index contributed by atoms with van der Waals surface area (Å²) in [5.41, 5.74) is 0.0985. The van der Waals surface area contributed by atoms with Crippen LogP contribution in [0.3, 0.4) is 0 Å². The quantitative estimate of drug-likeness (QED) is 0.768. The Hall–Kier alpha value is -3.16. The Labute approximate surface area is 131 Å². The second kappa shape index (κ2) is 5.56. The Morgan fingerprint density at radius 1 is 1.13 bits per heavy atom. The fourth-order valence-corrected chi connectivity index (χ4v) is 2.33. The number of hydrogen-bond donors (Lipinski definition) is 1. The van der Waals surface area contributed by atoms with Crippen molar-refractivity contribution >= 4 is 22.5 Å². The van der Waals surface area contributed by atoms with E-state index in [1.165, 1.54) is 17.9 Å². The van der Waals surface area contributed by atoms with Gasteiger partial charge in [-0.2, -0.15) is 0 Å². The maximum absolute atomic E-state index is 12.4. The van der Waals surface area contributed by atoms with E-state index in [4.69, 9.17) is 4.74 Å². The Balaban J connectivity index is 2.22. The molecule has 0 saturated heterocycles. The van der Waals surface area contributed by atoms with E-state index < -0.39 is 11.2 Å². The molecular formula is C15H15N5O3. The van der Waals surface area contributed by atoms with Gasteiger partial charge in [0.15, 0.2) is 5.65 Å². The molecule has 0 fully saturated rings. The average molecular weight is 313 g/mol. The smallest absolute Gasteiger partial charge is 0.332 e. The van der Waals surface area contributed by atoms with Gasteiger partial charge in [-0.25, -0.2) is 14.8 Å². The van der Waals surface area contributed by atoms with E-state index >= 15 is 0 Å². The number of benzene rings is 1. The molecular weight excluding hydrogens is 298 g/mol. The van der Waals surface area contributed by atoms with Gasteiger partial charge in [0.25, 0.3) is 5.56 Å². The van der Waals surface area contributed by atoms with Crippen molar-refractivity contribution in [1.29, 1.82) is 0 Å². The number of nitrogens with one attached hydrogen (secondary N) is 1. The Morgan fingerprint density at radius 3 is 2.65 bits per heavy atom. The van der Waals surface area contributed by atoms with Crippen molar-refractivity contribution in [3.05, 3.63) is 51.4 Å². The summed E-state index contributed by atoms with van der Waals surface area (Å²) in [5, 5.41) is 3.33. The molecule has 2 aromatic heterocycles. The highest BCUT2D eigenvalue weighted by Gasteiger charge is 2.14. The maximum atomic E-state index is 12.4. The minimum atomic E-state index is -0.450. The number of methoxy groups -OCH3 is 1. The molecule has 8 nitrogen and oxygen atoms in total. The number of hydrogen-bond acceptors (Lipinski definition) is 6. The molecule has 1 aromatic carbocycles. The highest BCUT2D eigenvalue weighted by atomic mass is 16.5. The van der Waals surface area contributed by atoms with E-state index in [0.717, 1.165) is 4.57 Å². The third-order valence-electron chi connectivity index (χ3n) is 3.57. The Morgan fingerprint density at radius 2 is 1.91 bits per heavy atom. The Bertz CT molecular complexity index is 1010. The molecule has 2 heterocycles. The van der Waals surface area contributed by atoms with Crippen molar-refractivity contribution < 1.29 is 4.74 Å². The van der Waals surface area contributed by atoms with Gasteiger partial charge in [0.05, 0.1) is 7.11 Å².